The van der Waals surface area contributed by atoms with Gasteiger partial charge in [-0.15, -0.1) is 0 Å². The number of anilines is 1. The summed E-state index contributed by atoms with van der Waals surface area (Å²) in [6.45, 7) is 4.48. The molecule has 1 aromatic carbocycles. The van der Waals surface area contributed by atoms with Gasteiger partial charge in [-0.05, 0) is 98.4 Å². The Morgan fingerprint density at radius 1 is 1.02 bits per heavy atom. The van der Waals surface area contributed by atoms with Crippen LogP contribution in [0, 0.1) is 19.8 Å². The van der Waals surface area contributed by atoms with Gasteiger partial charge in [0.15, 0.2) is 5.78 Å². The Morgan fingerprint density at radius 2 is 1.78 bits per heavy atom. The van der Waals surface area contributed by atoms with E-state index in [4.69, 9.17) is 0 Å². The van der Waals surface area contributed by atoms with Gasteiger partial charge in [0, 0.05) is 36.3 Å². The Balaban J connectivity index is 1.19. The van der Waals surface area contributed by atoms with Crippen LogP contribution >= 0.6 is 0 Å². The molecule has 2 unspecified atom stereocenters. The van der Waals surface area contributed by atoms with Crippen molar-refractivity contribution in [1.29, 1.82) is 0 Å². The number of aromatic nitrogens is 4. The second kappa shape index (κ2) is 11.5. The summed E-state index contributed by atoms with van der Waals surface area (Å²) in [5.74, 6) is -2.57. The number of carboxylic acid groups (broad SMARTS) is 1. The van der Waals surface area contributed by atoms with E-state index in [0.29, 0.717) is 70.8 Å². The molecule has 2 amide bonds. The Bertz CT molecular complexity index is 2070. The second-order valence-corrected chi connectivity index (χ2v) is 13.4. The fourth-order valence-electron chi connectivity index (χ4n) is 7.58. The average Bonchev–Trinajstić information content (AvgIpc) is 3.40. The van der Waals surface area contributed by atoms with Gasteiger partial charge in [0.1, 0.15) is 29.8 Å². The predicted molar refractivity (Wildman–Crippen MR) is 171 cm³/mol. The summed E-state index contributed by atoms with van der Waals surface area (Å²) in [5.41, 5.74) is 1.72. The number of amides is 2. The van der Waals surface area contributed by atoms with Crippen LogP contribution in [0.15, 0.2) is 42.7 Å². The third kappa shape index (κ3) is 5.52. The molecule has 4 heterocycles. The van der Waals surface area contributed by atoms with Crippen LogP contribution in [-0.2, 0) is 32.5 Å². The smallest absolute Gasteiger partial charge is 0.433 e. The van der Waals surface area contributed by atoms with E-state index in [9.17, 15) is 37.5 Å². The normalized spacial score (nSPS) is 20.9. The maximum Gasteiger partial charge on any atom is 0.433 e. The van der Waals surface area contributed by atoms with E-state index in [1.807, 2.05) is 13.0 Å². The summed E-state index contributed by atoms with van der Waals surface area (Å²) in [6, 6.07) is 6.44. The minimum absolute atomic E-state index is 0.157. The quantitative estimate of drug-likeness (QED) is 0.234. The Morgan fingerprint density at radius 3 is 2.45 bits per heavy atom. The molecule has 1 saturated heterocycles. The summed E-state index contributed by atoms with van der Waals surface area (Å²) < 4.78 is 41.5. The molecule has 3 aromatic heterocycles. The maximum atomic E-state index is 14.0. The molecule has 7 rings (SSSR count). The third-order valence-electron chi connectivity index (χ3n) is 10.2. The molecule has 4 aromatic rings. The number of fused-ring (bicyclic) bond motifs is 3. The van der Waals surface area contributed by atoms with Crippen molar-refractivity contribution in [1.82, 2.24) is 24.6 Å². The van der Waals surface area contributed by atoms with Crippen molar-refractivity contribution < 1.29 is 37.5 Å². The first-order valence-electron chi connectivity index (χ1n) is 16.1. The average molecular weight is 675 g/mol. The number of likely N-dealkylation sites (tertiary alicyclic amines) is 1. The number of aryl methyl sites for hydroxylation is 2. The van der Waals surface area contributed by atoms with Gasteiger partial charge in [0.25, 0.3) is 0 Å². The number of carboxylic acids is 1. The molecule has 3 fully saturated rings. The summed E-state index contributed by atoms with van der Waals surface area (Å²) >= 11 is 0. The summed E-state index contributed by atoms with van der Waals surface area (Å²) in [6.07, 6.45) is 1.56. The van der Waals surface area contributed by atoms with E-state index in [0.717, 1.165) is 6.07 Å². The molecule has 3 aliphatic rings. The zero-order chi connectivity index (χ0) is 35.0. The van der Waals surface area contributed by atoms with Gasteiger partial charge in [0.2, 0.25) is 11.8 Å². The number of rotatable bonds is 8. The number of hydrogen-bond donors (Lipinski definition) is 2. The first-order chi connectivity index (χ1) is 23.2. The van der Waals surface area contributed by atoms with E-state index >= 15 is 0 Å². The highest BCUT2D eigenvalue weighted by molar-refractivity contribution is 6.07. The lowest BCUT2D eigenvalue weighted by molar-refractivity contribution is -0.141. The number of aliphatic carboxylic acids is 1. The number of carbonyl (C=O) groups excluding carboxylic acids is 3. The minimum Gasteiger partial charge on any atom is -0.481 e. The standard InChI is InChI=1S/C35H33F3N6O5/c1-17-4-7-26(35(36,37)38)40-31(17)41-32(47)30-20-5-6-24(12-20)44(30)27(46)16-43-29-18(2)10-21(13-25(29)28(42-43)19(3)45)22-11-23(15-39-14-22)34(8-9-34)33(48)49/h4,7,10-11,13-15,20,24,30H,5-6,8-9,12,16H2,1-3H3,(H,48,49)(H,40,41,47)/t20-,24?,30?/m0/s1. The largest absolute Gasteiger partial charge is 0.481 e. The van der Waals surface area contributed by atoms with Crippen LogP contribution in [0.2, 0.25) is 0 Å². The number of hydrogen-bond acceptors (Lipinski definition) is 7. The molecular formula is C35H33F3N6O5. The molecule has 1 aliphatic heterocycles. The summed E-state index contributed by atoms with van der Waals surface area (Å²) in [7, 11) is 0. The summed E-state index contributed by atoms with van der Waals surface area (Å²) in [4.78, 5) is 61.8. The monoisotopic (exact) mass is 674 g/mol. The number of piperidine rings is 1. The van der Waals surface area contributed by atoms with Gasteiger partial charge in [-0.2, -0.15) is 18.3 Å². The van der Waals surface area contributed by atoms with Crippen molar-refractivity contribution in [2.24, 2.45) is 5.92 Å². The van der Waals surface area contributed by atoms with Gasteiger partial charge in [-0.25, -0.2) is 4.98 Å². The highest BCUT2D eigenvalue weighted by atomic mass is 19.4. The number of carbonyl (C=O) groups is 4. The number of ketones is 1. The molecule has 0 spiro atoms. The van der Waals surface area contributed by atoms with Crippen molar-refractivity contribution >= 4 is 40.3 Å². The SMILES string of the molecule is CC(=O)c1nn(CC(=O)N2C3CC[C@@H](C3)C2C(=O)Nc2nc(C(F)(F)F)ccc2C)c2c(C)cc(-c3cncc(C4(C(=O)O)CC4)c3)cc12. The second-order valence-electron chi connectivity index (χ2n) is 13.4. The number of pyridine rings is 2. The van der Waals surface area contributed by atoms with Crippen LogP contribution in [0.3, 0.4) is 0 Å². The van der Waals surface area contributed by atoms with E-state index < -0.39 is 41.1 Å². The highest BCUT2D eigenvalue weighted by Crippen LogP contribution is 2.49. The van der Waals surface area contributed by atoms with Crippen LogP contribution in [0.1, 0.15) is 71.9 Å². The van der Waals surface area contributed by atoms with Gasteiger partial charge in [0.05, 0.1) is 10.9 Å². The Labute approximate surface area is 278 Å². The molecule has 11 nitrogen and oxygen atoms in total. The van der Waals surface area contributed by atoms with Crippen LogP contribution < -0.4 is 5.32 Å². The van der Waals surface area contributed by atoms with Crippen LogP contribution in [0.25, 0.3) is 22.0 Å². The van der Waals surface area contributed by atoms with Gasteiger partial charge < -0.3 is 15.3 Å². The lowest BCUT2D eigenvalue weighted by atomic mass is 9.94. The predicted octanol–water partition coefficient (Wildman–Crippen LogP) is 5.47. The first kappa shape index (κ1) is 32.4. The van der Waals surface area contributed by atoms with Crippen LogP contribution in [0.4, 0.5) is 19.0 Å². The molecule has 2 saturated carbocycles. The molecule has 254 valence electrons. The number of alkyl halides is 3. The van der Waals surface area contributed by atoms with Gasteiger partial charge in [-0.3, -0.25) is 28.8 Å². The number of nitrogens with one attached hydrogen (secondary N) is 1. The molecular weight excluding hydrogens is 641 g/mol. The van der Waals surface area contributed by atoms with E-state index in [1.165, 1.54) is 22.6 Å². The molecule has 2 N–H and O–H groups in total. The maximum absolute atomic E-state index is 14.0. The number of benzene rings is 1. The van der Waals surface area contributed by atoms with Crippen molar-refractivity contribution in [3.63, 3.8) is 0 Å². The molecule has 14 heteroatoms. The molecule has 2 bridgehead atoms. The van der Waals surface area contributed by atoms with Gasteiger partial charge in [-0.1, -0.05) is 6.07 Å². The first-order valence-corrected chi connectivity index (χ1v) is 16.1. The van der Waals surface area contributed by atoms with Gasteiger partial charge >= 0.3 is 12.1 Å². The lowest BCUT2D eigenvalue weighted by Gasteiger charge is -2.34. The number of nitrogens with zero attached hydrogens (tertiary/aromatic N) is 5. The fourth-order valence-corrected chi connectivity index (χ4v) is 7.58. The Kier molecular flexibility index (Phi) is 7.60. The molecule has 0 radical (unpaired) electrons. The topological polar surface area (TPSA) is 147 Å². The summed E-state index contributed by atoms with van der Waals surface area (Å²) in [5, 5.41) is 17.4. The molecule has 3 atom stereocenters. The van der Waals surface area contributed by atoms with Crippen molar-refractivity contribution in [2.75, 3.05) is 5.32 Å². The van der Waals surface area contributed by atoms with E-state index in [-0.39, 0.29) is 35.8 Å². The highest BCUT2D eigenvalue weighted by Gasteiger charge is 2.53. The van der Waals surface area contributed by atoms with Crippen molar-refractivity contribution in [3.8, 4) is 11.1 Å². The van der Waals surface area contributed by atoms with Crippen LogP contribution in [-0.4, -0.2) is 65.4 Å². The molecule has 49 heavy (non-hydrogen) atoms. The zero-order valence-electron chi connectivity index (χ0n) is 27.0. The Hall–Kier alpha value is -5.14. The van der Waals surface area contributed by atoms with E-state index in [2.05, 4.69) is 20.4 Å². The van der Waals surface area contributed by atoms with Crippen molar-refractivity contribution in [2.45, 2.75) is 83.1 Å². The number of Topliss-reactive ketones (excluding diaryl/α,β-unsaturated/α-hetero) is 1. The third-order valence-corrected chi connectivity index (χ3v) is 10.2. The zero-order valence-corrected chi connectivity index (χ0v) is 27.0. The molecule has 2 aliphatic carbocycles. The lowest BCUT2D eigenvalue weighted by Crippen LogP contribution is -2.52. The minimum atomic E-state index is -4.69. The number of halogens is 3. The van der Waals surface area contributed by atoms with Crippen LogP contribution in [0.5, 0.6) is 0 Å². The fraction of sp³-hybridized carbons (Fsp3) is 0.400. The van der Waals surface area contributed by atoms with Crippen molar-refractivity contribution in [3.05, 3.63) is 70.8 Å². The van der Waals surface area contributed by atoms with E-state index in [1.54, 1.807) is 31.5 Å².